The van der Waals surface area contributed by atoms with Crippen LogP contribution in [0.2, 0.25) is 0 Å². The van der Waals surface area contributed by atoms with Crippen LogP contribution in [0.1, 0.15) is 16.4 Å². The molecule has 1 N–H and O–H groups in total. The lowest BCUT2D eigenvalue weighted by atomic mass is 9.82. The van der Waals surface area contributed by atoms with E-state index < -0.39 is 5.92 Å². The third-order valence-corrected chi connectivity index (χ3v) is 5.02. The third kappa shape index (κ3) is 1.83. The molecule has 0 amide bonds. The number of thiophene rings is 1. The molecule has 106 valence electrons. The van der Waals surface area contributed by atoms with E-state index in [9.17, 15) is 5.26 Å². The Hall–Kier alpha value is -2.64. The second-order valence-electron chi connectivity index (χ2n) is 5.27. The van der Waals surface area contributed by atoms with Crippen LogP contribution in [0.5, 0.6) is 5.75 Å². The molecule has 3 nitrogen and oxygen atoms in total. The number of nitrogens with zero attached hydrogens (tertiary/aromatic N) is 1. The average molecular weight is 304 g/mol. The lowest BCUT2D eigenvalue weighted by molar-refractivity contribution is 0.457. The number of hydrogen-bond acceptors (Lipinski definition) is 4. The quantitative estimate of drug-likeness (QED) is 0.717. The average Bonchev–Trinajstić information content (AvgIpc) is 3.07. The number of ether oxygens (including phenoxy) is 1. The van der Waals surface area contributed by atoms with Gasteiger partial charge in [-0.05, 0) is 16.8 Å². The summed E-state index contributed by atoms with van der Waals surface area (Å²) < 4.78 is 5.74. The van der Waals surface area contributed by atoms with Crippen molar-refractivity contribution in [1.29, 1.82) is 10.7 Å². The van der Waals surface area contributed by atoms with E-state index in [4.69, 9.17) is 10.1 Å². The number of fused-ring (bicyclic) bond motifs is 3. The smallest absolute Gasteiger partial charge is 0.205 e. The van der Waals surface area contributed by atoms with E-state index in [0.29, 0.717) is 5.75 Å². The van der Waals surface area contributed by atoms with Gasteiger partial charge in [0.05, 0.1) is 6.07 Å². The first kappa shape index (κ1) is 13.1. The van der Waals surface area contributed by atoms with Crippen LogP contribution in [-0.4, -0.2) is 5.90 Å². The Kier molecular flexibility index (Phi) is 2.95. The third-order valence-electron chi connectivity index (χ3n) is 4.06. The summed E-state index contributed by atoms with van der Waals surface area (Å²) in [6.45, 7) is 0. The van der Waals surface area contributed by atoms with Crippen molar-refractivity contribution in [3.63, 3.8) is 0 Å². The topological polar surface area (TPSA) is 56.9 Å². The summed E-state index contributed by atoms with van der Waals surface area (Å²) in [6.07, 6.45) is 0. The Morgan fingerprint density at radius 1 is 1.09 bits per heavy atom. The monoisotopic (exact) mass is 304 g/mol. The molecule has 4 rings (SSSR count). The van der Waals surface area contributed by atoms with Gasteiger partial charge in [0.25, 0.3) is 0 Å². The molecule has 0 fully saturated rings. The largest absolute Gasteiger partial charge is 0.441 e. The van der Waals surface area contributed by atoms with Crippen LogP contribution in [0.25, 0.3) is 10.8 Å². The first-order chi connectivity index (χ1) is 10.8. The molecule has 1 aliphatic heterocycles. The predicted molar refractivity (Wildman–Crippen MR) is 87.6 cm³/mol. The minimum absolute atomic E-state index is 0.0322. The van der Waals surface area contributed by atoms with E-state index in [1.54, 1.807) is 11.3 Å². The molecule has 22 heavy (non-hydrogen) atoms. The van der Waals surface area contributed by atoms with Crippen molar-refractivity contribution in [2.24, 2.45) is 5.92 Å². The maximum atomic E-state index is 9.50. The van der Waals surface area contributed by atoms with Crippen LogP contribution in [-0.2, 0) is 0 Å². The summed E-state index contributed by atoms with van der Waals surface area (Å²) in [7, 11) is 0. The molecule has 0 saturated heterocycles. The van der Waals surface area contributed by atoms with E-state index in [2.05, 4.69) is 12.1 Å². The van der Waals surface area contributed by atoms with Gasteiger partial charge >= 0.3 is 0 Å². The van der Waals surface area contributed by atoms with Crippen molar-refractivity contribution >= 4 is 28.0 Å². The Morgan fingerprint density at radius 3 is 2.73 bits per heavy atom. The first-order valence-electron chi connectivity index (χ1n) is 7.00. The molecule has 0 radical (unpaired) electrons. The lowest BCUT2D eigenvalue weighted by Crippen LogP contribution is -2.30. The Morgan fingerprint density at radius 2 is 1.95 bits per heavy atom. The second kappa shape index (κ2) is 4.97. The van der Waals surface area contributed by atoms with Crippen molar-refractivity contribution in [1.82, 2.24) is 0 Å². The summed E-state index contributed by atoms with van der Waals surface area (Å²) in [4.78, 5) is 1.09. The Bertz CT molecular complexity index is 908. The zero-order chi connectivity index (χ0) is 15.1. The zero-order valence-corrected chi connectivity index (χ0v) is 12.4. The number of nitriles is 1. The van der Waals surface area contributed by atoms with E-state index in [1.807, 2.05) is 47.8 Å². The van der Waals surface area contributed by atoms with Crippen molar-refractivity contribution in [3.8, 4) is 11.8 Å². The van der Waals surface area contributed by atoms with Crippen molar-refractivity contribution in [3.05, 3.63) is 64.4 Å². The SMILES string of the molecule is N#CC1C(=N)Oc2c(ccc3ccccc23)C1c1cccs1. The molecule has 2 heterocycles. The van der Waals surface area contributed by atoms with Gasteiger partial charge in [0.1, 0.15) is 11.7 Å². The van der Waals surface area contributed by atoms with Crippen molar-refractivity contribution in [2.45, 2.75) is 5.92 Å². The van der Waals surface area contributed by atoms with Gasteiger partial charge in [0, 0.05) is 21.7 Å². The minimum Gasteiger partial charge on any atom is -0.441 e. The highest BCUT2D eigenvalue weighted by Crippen LogP contribution is 2.46. The van der Waals surface area contributed by atoms with Gasteiger partial charge in [-0.3, -0.25) is 5.41 Å². The Balaban J connectivity index is 2.01. The summed E-state index contributed by atoms with van der Waals surface area (Å²) in [5, 5.41) is 21.7. The molecule has 2 aromatic carbocycles. The number of benzene rings is 2. The van der Waals surface area contributed by atoms with Crippen LogP contribution >= 0.6 is 11.3 Å². The molecule has 2 atom stereocenters. The van der Waals surface area contributed by atoms with E-state index in [1.165, 1.54) is 0 Å². The fourth-order valence-corrected chi connectivity index (χ4v) is 3.92. The molecule has 4 heteroatoms. The molecular formula is C18H12N2OS. The first-order valence-corrected chi connectivity index (χ1v) is 7.88. The van der Waals surface area contributed by atoms with Crippen molar-refractivity contribution in [2.75, 3.05) is 0 Å². The fourth-order valence-electron chi connectivity index (χ4n) is 3.04. The fraction of sp³-hybridized carbons (Fsp3) is 0.111. The van der Waals surface area contributed by atoms with Crippen LogP contribution in [0.15, 0.2) is 53.9 Å². The van der Waals surface area contributed by atoms with Gasteiger partial charge in [-0.2, -0.15) is 5.26 Å². The van der Waals surface area contributed by atoms with E-state index in [-0.39, 0.29) is 11.8 Å². The molecule has 0 bridgehead atoms. The standard InChI is InChI=1S/C18H12N2OS/c19-10-14-16(15-6-3-9-22-15)13-8-7-11-4-1-2-5-12(11)17(13)21-18(14)20/h1-9,14,16,20H. The van der Waals surface area contributed by atoms with Crippen molar-refractivity contribution < 1.29 is 4.74 Å². The summed E-state index contributed by atoms with van der Waals surface area (Å²) >= 11 is 1.62. The molecule has 2 unspecified atom stereocenters. The summed E-state index contributed by atoms with van der Waals surface area (Å²) in [6, 6.07) is 18.3. The van der Waals surface area contributed by atoms with Crippen LogP contribution in [0.3, 0.4) is 0 Å². The lowest BCUT2D eigenvalue weighted by Gasteiger charge is -2.30. The summed E-state index contributed by atoms with van der Waals surface area (Å²) in [5.41, 5.74) is 0.990. The van der Waals surface area contributed by atoms with E-state index >= 15 is 0 Å². The maximum Gasteiger partial charge on any atom is 0.205 e. The molecule has 0 saturated carbocycles. The predicted octanol–water partition coefficient (Wildman–Crippen LogP) is 4.54. The molecule has 0 aliphatic carbocycles. The highest BCUT2D eigenvalue weighted by molar-refractivity contribution is 7.10. The van der Waals surface area contributed by atoms with Gasteiger partial charge in [-0.1, -0.05) is 42.5 Å². The highest BCUT2D eigenvalue weighted by atomic mass is 32.1. The molecular weight excluding hydrogens is 292 g/mol. The van der Waals surface area contributed by atoms with Gasteiger partial charge in [0.15, 0.2) is 0 Å². The van der Waals surface area contributed by atoms with Gasteiger partial charge in [0.2, 0.25) is 5.90 Å². The normalized spacial score (nSPS) is 20.2. The van der Waals surface area contributed by atoms with Crippen LogP contribution in [0.4, 0.5) is 0 Å². The number of rotatable bonds is 1. The zero-order valence-electron chi connectivity index (χ0n) is 11.6. The van der Waals surface area contributed by atoms with Gasteiger partial charge in [-0.15, -0.1) is 11.3 Å². The minimum atomic E-state index is -0.577. The molecule has 1 aliphatic rings. The molecule has 1 aromatic heterocycles. The van der Waals surface area contributed by atoms with Crippen LogP contribution in [0, 0.1) is 22.7 Å². The molecule has 0 spiro atoms. The van der Waals surface area contributed by atoms with E-state index in [0.717, 1.165) is 21.2 Å². The summed E-state index contributed by atoms with van der Waals surface area (Å²) in [5.74, 6) is 0.0379. The number of nitrogens with one attached hydrogen (secondary N) is 1. The van der Waals surface area contributed by atoms with Crippen LogP contribution < -0.4 is 4.74 Å². The van der Waals surface area contributed by atoms with Gasteiger partial charge in [-0.25, -0.2) is 0 Å². The molecule has 3 aromatic rings. The number of hydrogen-bond donors (Lipinski definition) is 1. The second-order valence-corrected chi connectivity index (χ2v) is 6.25. The highest BCUT2D eigenvalue weighted by Gasteiger charge is 2.38. The van der Waals surface area contributed by atoms with Gasteiger partial charge < -0.3 is 4.74 Å². The maximum absolute atomic E-state index is 9.50. The Labute approximate surface area is 131 Å².